The molecule has 2 aliphatic rings. The first-order valence-corrected chi connectivity index (χ1v) is 12.4. The third kappa shape index (κ3) is 5.32. The van der Waals surface area contributed by atoms with Crippen LogP contribution in [-0.2, 0) is 16.1 Å². The molecule has 10 heteroatoms. The van der Waals surface area contributed by atoms with Crippen molar-refractivity contribution in [1.82, 2.24) is 20.2 Å². The number of nitrogens with zero attached hydrogens (tertiary/aromatic N) is 4. The van der Waals surface area contributed by atoms with Gasteiger partial charge in [0.15, 0.2) is 5.13 Å². The van der Waals surface area contributed by atoms with Crippen LogP contribution in [0.4, 0.5) is 15.6 Å². The monoisotopic (exact) mass is 491 g/mol. The van der Waals surface area contributed by atoms with E-state index in [9.17, 15) is 14.4 Å². The lowest BCUT2D eigenvalue weighted by molar-refractivity contribution is -0.121. The molecule has 1 aliphatic heterocycles. The number of rotatable bonds is 7. The number of benzene rings is 1. The highest BCUT2D eigenvalue weighted by molar-refractivity contribution is 7.13. The number of anilines is 2. The van der Waals surface area contributed by atoms with Gasteiger partial charge in [-0.3, -0.25) is 24.4 Å². The molecule has 1 saturated heterocycles. The van der Waals surface area contributed by atoms with Gasteiger partial charge >= 0.3 is 6.09 Å². The number of ether oxygens (including phenoxy) is 1. The molecule has 5 rings (SSSR count). The van der Waals surface area contributed by atoms with E-state index in [4.69, 9.17) is 4.74 Å². The van der Waals surface area contributed by atoms with Gasteiger partial charge in [-0.1, -0.05) is 6.07 Å². The first kappa shape index (κ1) is 23.0. The quantitative estimate of drug-likeness (QED) is 0.538. The number of nitrogens with one attached hydrogen (secondary N) is 1. The molecule has 3 heterocycles. The smallest absolute Gasteiger partial charge is 0.410 e. The zero-order valence-corrected chi connectivity index (χ0v) is 19.8. The second-order valence-electron chi connectivity index (χ2n) is 8.55. The Kier molecular flexibility index (Phi) is 6.71. The van der Waals surface area contributed by atoms with Crippen molar-refractivity contribution in [1.29, 1.82) is 0 Å². The summed E-state index contributed by atoms with van der Waals surface area (Å²) < 4.78 is 5.47. The summed E-state index contributed by atoms with van der Waals surface area (Å²) in [7, 11) is 0. The summed E-state index contributed by atoms with van der Waals surface area (Å²) >= 11 is 1.33. The Bertz CT molecular complexity index is 1180. The second-order valence-corrected chi connectivity index (χ2v) is 9.42. The van der Waals surface area contributed by atoms with Crippen molar-refractivity contribution in [3.8, 4) is 0 Å². The van der Waals surface area contributed by atoms with E-state index in [2.05, 4.69) is 15.3 Å². The van der Waals surface area contributed by atoms with Crippen molar-refractivity contribution in [3.05, 3.63) is 71.5 Å². The van der Waals surface area contributed by atoms with Crippen LogP contribution in [-0.4, -0.2) is 51.4 Å². The minimum Gasteiger partial charge on any atom is -0.444 e. The molecular formula is C25H25N5O4S. The Morgan fingerprint density at radius 1 is 1.11 bits per heavy atom. The molecule has 3 amide bonds. The molecule has 9 nitrogen and oxygen atoms in total. The Hall–Kier alpha value is -3.79. The highest BCUT2D eigenvalue weighted by Crippen LogP contribution is 2.32. The first-order chi connectivity index (χ1) is 17.1. The van der Waals surface area contributed by atoms with Gasteiger partial charge in [0.2, 0.25) is 0 Å². The van der Waals surface area contributed by atoms with Crippen LogP contribution < -0.4 is 10.2 Å². The van der Waals surface area contributed by atoms with Gasteiger partial charge in [0.05, 0.1) is 5.69 Å². The van der Waals surface area contributed by atoms with Crippen LogP contribution in [0, 0.1) is 0 Å². The number of aromatic nitrogens is 2. The maximum absolute atomic E-state index is 13.8. The van der Waals surface area contributed by atoms with Gasteiger partial charge in [-0.15, -0.1) is 11.3 Å². The number of thiazole rings is 1. The van der Waals surface area contributed by atoms with Gasteiger partial charge in [0.1, 0.15) is 12.6 Å². The van der Waals surface area contributed by atoms with Crippen molar-refractivity contribution in [2.75, 3.05) is 11.4 Å². The van der Waals surface area contributed by atoms with Crippen molar-refractivity contribution >= 4 is 40.1 Å². The van der Waals surface area contributed by atoms with E-state index in [0.717, 1.165) is 18.4 Å². The zero-order chi connectivity index (χ0) is 24.2. The van der Waals surface area contributed by atoms with Gasteiger partial charge < -0.3 is 10.1 Å². The minimum atomic E-state index is -0.668. The van der Waals surface area contributed by atoms with Crippen LogP contribution in [0.15, 0.2) is 60.4 Å². The van der Waals surface area contributed by atoms with Crippen LogP contribution in [0.1, 0.15) is 41.6 Å². The molecular weight excluding hydrogens is 466 g/mol. The average Bonchev–Trinajstić information content (AvgIpc) is 3.33. The molecule has 1 atom stereocenters. The topological polar surface area (TPSA) is 105 Å². The standard InChI is InChI=1S/C25H25N5O4S/c31-22(28-19-7-8-19)18-5-9-20(10-6-18)30(24-27-12-14-35-24)23(32)21-4-2-13-29(21)25(33)34-16-17-3-1-11-26-15-17/h1,3,5-6,9-12,14-15,19,21H,2,4,7-8,13,16H2,(H,28,31). The molecule has 1 aromatic carbocycles. The van der Waals surface area contributed by atoms with Crippen molar-refractivity contribution in [2.24, 2.45) is 0 Å². The lowest BCUT2D eigenvalue weighted by Crippen LogP contribution is -2.46. The summed E-state index contributed by atoms with van der Waals surface area (Å²) in [5.41, 5.74) is 1.90. The second kappa shape index (κ2) is 10.2. The summed E-state index contributed by atoms with van der Waals surface area (Å²) in [6, 6.07) is 10.1. The van der Waals surface area contributed by atoms with Crippen LogP contribution >= 0.6 is 11.3 Å². The summed E-state index contributed by atoms with van der Waals surface area (Å²) in [5.74, 6) is -0.379. The fraction of sp³-hybridized carbons (Fsp3) is 0.320. The zero-order valence-electron chi connectivity index (χ0n) is 19.0. The maximum Gasteiger partial charge on any atom is 0.410 e. The molecule has 1 unspecified atom stereocenters. The maximum atomic E-state index is 13.8. The molecule has 0 spiro atoms. The highest BCUT2D eigenvalue weighted by Gasteiger charge is 2.39. The molecule has 2 fully saturated rings. The largest absolute Gasteiger partial charge is 0.444 e. The lowest BCUT2D eigenvalue weighted by atomic mass is 10.1. The Morgan fingerprint density at radius 3 is 2.63 bits per heavy atom. The van der Waals surface area contributed by atoms with Crippen molar-refractivity contribution in [3.63, 3.8) is 0 Å². The van der Waals surface area contributed by atoms with Gasteiger partial charge in [-0.25, -0.2) is 9.78 Å². The Balaban J connectivity index is 1.33. The number of hydrogen-bond acceptors (Lipinski definition) is 7. The van der Waals surface area contributed by atoms with E-state index < -0.39 is 12.1 Å². The van der Waals surface area contributed by atoms with E-state index >= 15 is 0 Å². The minimum absolute atomic E-state index is 0.0880. The summed E-state index contributed by atoms with van der Waals surface area (Å²) in [6.07, 6.45) is 7.65. The summed E-state index contributed by atoms with van der Waals surface area (Å²) in [4.78, 5) is 50.3. The van der Waals surface area contributed by atoms with Gasteiger partial charge in [0.25, 0.3) is 11.8 Å². The SMILES string of the molecule is O=C(NC1CC1)c1ccc(N(C(=O)C2CCCN2C(=O)OCc2cccnc2)c2nccs2)cc1. The van der Waals surface area contributed by atoms with E-state index in [0.29, 0.717) is 35.8 Å². The highest BCUT2D eigenvalue weighted by atomic mass is 32.1. The molecule has 0 radical (unpaired) electrons. The van der Waals surface area contributed by atoms with Crippen LogP contribution in [0.5, 0.6) is 0 Å². The molecule has 2 aromatic heterocycles. The summed E-state index contributed by atoms with van der Waals surface area (Å²) in [5, 5.41) is 5.26. The number of pyridine rings is 1. The number of amides is 3. The number of likely N-dealkylation sites (tertiary alicyclic amines) is 1. The molecule has 0 bridgehead atoms. The van der Waals surface area contributed by atoms with E-state index in [-0.39, 0.29) is 24.5 Å². The lowest BCUT2D eigenvalue weighted by Gasteiger charge is -2.28. The third-order valence-corrected chi connectivity index (χ3v) is 6.75. The van der Waals surface area contributed by atoms with E-state index in [1.165, 1.54) is 21.1 Å². The third-order valence-electron chi connectivity index (χ3n) is 5.99. The molecule has 1 aliphatic carbocycles. The van der Waals surface area contributed by atoms with Gasteiger partial charge in [-0.05, 0) is 56.0 Å². The van der Waals surface area contributed by atoms with Crippen LogP contribution in [0.3, 0.4) is 0 Å². The molecule has 3 aromatic rings. The summed E-state index contributed by atoms with van der Waals surface area (Å²) in [6.45, 7) is 0.527. The van der Waals surface area contributed by atoms with Gasteiger partial charge in [-0.2, -0.15) is 0 Å². The van der Waals surface area contributed by atoms with E-state index in [1.807, 2.05) is 6.07 Å². The first-order valence-electron chi connectivity index (χ1n) is 11.6. The van der Waals surface area contributed by atoms with Crippen molar-refractivity contribution in [2.45, 2.75) is 44.4 Å². The Morgan fingerprint density at radius 2 is 1.94 bits per heavy atom. The van der Waals surface area contributed by atoms with Crippen LogP contribution in [0.2, 0.25) is 0 Å². The number of carbonyl (C=O) groups is 3. The van der Waals surface area contributed by atoms with E-state index in [1.54, 1.807) is 54.3 Å². The fourth-order valence-corrected chi connectivity index (χ4v) is 4.68. The van der Waals surface area contributed by atoms with Crippen molar-refractivity contribution < 1.29 is 19.1 Å². The molecule has 35 heavy (non-hydrogen) atoms. The number of hydrogen-bond donors (Lipinski definition) is 1. The molecule has 180 valence electrons. The average molecular weight is 492 g/mol. The molecule has 1 saturated carbocycles. The van der Waals surface area contributed by atoms with Crippen LogP contribution in [0.25, 0.3) is 0 Å². The predicted octanol–water partition coefficient (Wildman–Crippen LogP) is 3.90. The predicted molar refractivity (Wildman–Crippen MR) is 130 cm³/mol. The normalized spacial score (nSPS) is 17.1. The van der Waals surface area contributed by atoms with Gasteiger partial charge in [0, 0.05) is 47.7 Å². The Labute approximate surface area is 206 Å². The molecule has 1 N–H and O–H groups in total. The fourth-order valence-electron chi connectivity index (χ4n) is 4.02. The number of carbonyl (C=O) groups excluding carboxylic acids is 3.